The monoisotopic (exact) mass is 317 g/mol. The van der Waals surface area contributed by atoms with Crippen LogP contribution in [-0.2, 0) is 17.8 Å². The molecule has 1 amide bonds. The lowest BCUT2D eigenvalue weighted by atomic mass is 10.1. The molecule has 0 unspecified atom stereocenters. The highest BCUT2D eigenvalue weighted by Crippen LogP contribution is 2.27. The van der Waals surface area contributed by atoms with Crippen molar-refractivity contribution in [1.29, 1.82) is 0 Å². The lowest BCUT2D eigenvalue weighted by Gasteiger charge is -2.10. The molecule has 1 heterocycles. The number of aromatic nitrogens is 2. The topological polar surface area (TPSA) is 65.4 Å². The van der Waals surface area contributed by atoms with E-state index in [4.69, 9.17) is 9.47 Å². The maximum Gasteiger partial charge on any atom is 0.221 e. The molecule has 124 valence electrons. The van der Waals surface area contributed by atoms with Crippen molar-refractivity contribution in [2.24, 2.45) is 0 Å². The number of nitrogens with one attached hydrogen (secondary N) is 1. The minimum absolute atomic E-state index is 0.0265. The van der Waals surface area contributed by atoms with Gasteiger partial charge in [-0.2, -0.15) is 5.10 Å². The van der Waals surface area contributed by atoms with Crippen LogP contribution < -0.4 is 14.8 Å². The second kappa shape index (κ2) is 8.22. The highest BCUT2D eigenvalue weighted by Gasteiger charge is 2.06. The smallest absolute Gasteiger partial charge is 0.221 e. The van der Waals surface area contributed by atoms with Gasteiger partial charge in [-0.25, -0.2) is 0 Å². The first-order chi connectivity index (χ1) is 11.1. The van der Waals surface area contributed by atoms with Crippen molar-refractivity contribution >= 4 is 5.91 Å². The van der Waals surface area contributed by atoms with Crippen LogP contribution in [0, 0.1) is 6.92 Å². The molecule has 0 aliphatic carbocycles. The maximum atomic E-state index is 11.8. The van der Waals surface area contributed by atoms with Crippen molar-refractivity contribution in [2.75, 3.05) is 20.8 Å². The van der Waals surface area contributed by atoms with Gasteiger partial charge in [-0.05, 0) is 36.6 Å². The molecule has 23 heavy (non-hydrogen) atoms. The Morgan fingerprint density at radius 2 is 2.04 bits per heavy atom. The summed E-state index contributed by atoms with van der Waals surface area (Å²) >= 11 is 0. The predicted octanol–water partition coefficient (Wildman–Crippen LogP) is 1.96. The third-order valence-corrected chi connectivity index (χ3v) is 3.51. The van der Waals surface area contributed by atoms with Crippen LogP contribution in [0.5, 0.6) is 11.5 Å². The van der Waals surface area contributed by atoms with Gasteiger partial charge in [0.1, 0.15) is 0 Å². The number of nitrogens with zero attached hydrogens (tertiary/aromatic N) is 2. The number of carbonyl (C=O) groups is 1. The molecule has 0 spiro atoms. The molecular weight excluding hydrogens is 294 g/mol. The average molecular weight is 317 g/mol. The van der Waals surface area contributed by atoms with Crippen LogP contribution >= 0.6 is 0 Å². The number of carbonyl (C=O) groups excluding carboxylic acids is 1. The predicted molar refractivity (Wildman–Crippen MR) is 87.8 cm³/mol. The van der Waals surface area contributed by atoms with Crippen molar-refractivity contribution in [2.45, 2.75) is 26.3 Å². The summed E-state index contributed by atoms with van der Waals surface area (Å²) < 4.78 is 12.3. The standard InChI is InChI=1S/C17H23N3O3/c1-13-11-19-20(12-13)9-7-17(21)18-8-6-14-4-5-15(22-2)16(10-14)23-3/h4-5,10-12H,6-9H2,1-3H3,(H,18,21). The number of amides is 1. The van der Waals surface area contributed by atoms with E-state index in [0.717, 1.165) is 17.5 Å². The van der Waals surface area contributed by atoms with Gasteiger partial charge in [0.05, 0.1) is 20.4 Å². The van der Waals surface area contributed by atoms with E-state index in [-0.39, 0.29) is 5.91 Å². The first kappa shape index (κ1) is 16.9. The summed E-state index contributed by atoms with van der Waals surface area (Å²) in [6.07, 6.45) is 4.88. The van der Waals surface area contributed by atoms with E-state index < -0.39 is 0 Å². The zero-order chi connectivity index (χ0) is 16.7. The lowest BCUT2D eigenvalue weighted by molar-refractivity contribution is -0.121. The zero-order valence-electron chi connectivity index (χ0n) is 13.8. The Balaban J connectivity index is 1.74. The summed E-state index contributed by atoms with van der Waals surface area (Å²) in [5.74, 6) is 1.43. The van der Waals surface area contributed by atoms with Crippen molar-refractivity contribution in [3.05, 3.63) is 41.7 Å². The number of benzene rings is 1. The van der Waals surface area contributed by atoms with Crippen LogP contribution in [-0.4, -0.2) is 36.5 Å². The fraction of sp³-hybridized carbons (Fsp3) is 0.412. The molecule has 0 atom stereocenters. The second-order valence-corrected chi connectivity index (χ2v) is 5.32. The molecule has 1 aromatic carbocycles. The summed E-state index contributed by atoms with van der Waals surface area (Å²) in [4.78, 5) is 11.8. The van der Waals surface area contributed by atoms with Crippen molar-refractivity contribution < 1.29 is 14.3 Å². The Kier molecular flexibility index (Phi) is 6.02. The molecule has 2 aromatic rings. The SMILES string of the molecule is COc1ccc(CCNC(=O)CCn2cc(C)cn2)cc1OC. The van der Waals surface area contributed by atoms with Gasteiger partial charge >= 0.3 is 0 Å². The number of rotatable bonds is 8. The van der Waals surface area contributed by atoms with Gasteiger partial charge in [-0.1, -0.05) is 6.07 Å². The number of ether oxygens (including phenoxy) is 2. The minimum Gasteiger partial charge on any atom is -0.493 e. The van der Waals surface area contributed by atoms with Gasteiger partial charge in [0.25, 0.3) is 0 Å². The summed E-state index contributed by atoms with van der Waals surface area (Å²) in [7, 11) is 3.22. The maximum absolute atomic E-state index is 11.8. The molecule has 0 fully saturated rings. The van der Waals surface area contributed by atoms with Crippen LogP contribution in [0.3, 0.4) is 0 Å². The van der Waals surface area contributed by atoms with Crippen LogP contribution in [0.15, 0.2) is 30.6 Å². The molecule has 1 N–H and O–H groups in total. The van der Waals surface area contributed by atoms with E-state index in [9.17, 15) is 4.79 Å². The van der Waals surface area contributed by atoms with Crippen LogP contribution in [0.4, 0.5) is 0 Å². The number of methoxy groups -OCH3 is 2. The minimum atomic E-state index is 0.0265. The molecular formula is C17H23N3O3. The van der Waals surface area contributed by atoms with E-state index in [1.165, 1.54) is 0 Å². The Morgan fingerprint density at radius 1 is 1.26 bits per heavy atom. The molecule has 0 bridgehead atoms. The van der Waals surface area contributed by atoms with Crippen LogP contribution in [0.25, 0.3) is 0 Å². The fourth-order valence-electron chi connectivity index (χ4n) is 2.28. The molecule has 6 nitrogen and oxygen atoms in total. The molecule has 6 heteroatoms. The highest BCUT2D eigenvalue weighted by molar-refractivity contribution is 5.75. The summed E-state index contributed by atoms with van der Waals surface area (Å²) in [5.41, 5.74) is 2.18. The molecule has 0 aliphatic heterocycles. The van der Waals surface area contributed by atoms with Crippen molar-refractivity contribution in [3.63, 3.8) is 0 Å². The molecule has 2 rings (SSSR count). The largest absolute Gasteiger partial charge is 0.493 e. The summed E-state index contributed by atoms with van der Waals surface area (Å²) in [6, 6.07) is 5.77. The van der Waals surface area contributed by atoms with E-state index >= 15 is 0 Å². The second-order valence-electron chi connectivity index (χ2n) is 5.32. The Hall–Kier alpha value is -2.50. The number of hydrogen-bond donors (Lipinski definition) is 1. The van der Waals surface area contributed by atoms with E-state index in [1.54, 1.807) is 25.1 Å². The van der Waals surface area contributed by atoms with E-state index in [0.29, 0.717) is 31.0 Å². The van der Waals surface area contributed by atoms with Crippen molar-refractivity contribution in [1.82, 2.24) is 15.1 Å². The van der Waals surface area contributed by atoms with Gasteiger partial charge in [0.15, 0.2) is 11.5 Å². The average Bonchev–Trinajstić information content (AvgIpc) is 2.98. The number of hydrogen-bond acceptors (Lipinski definition) is 4. The number of aryl methyl sites for hydroxylation is 2. The van der Waals surface area contributed by atoms with Gasteiger partial charge in [0.2, 0.25) is 5.91 Å². The summed E-state index contributed by atoms with van der Waals surface area (Å²) in [5, 5.41) is 7.08. The van der Waals surface area contributed by atoms with E-state index in [1.807, 2.05) is 31.3 Å². The van der Waals surface area contributed by atoms with Gasteiger partial charge in [0, 0.05) is 25.7 Å². The Labute approximate surface area is 136 Å². The van der Waals surface area contributed by atoms with E-state index in [2.05, 4.69) is 10.4 Å². The zero-order valence-corrected chi connectivity index (χ0v) is 13.8. The quantitative estimate of drug-likeness (QED) is 0.808. The highest BCUT2D eigenvalue weighted by atomic mass is 16.5. The molecule has 0 saturated carbocycles. The molecule has 0 saturated heterocycles. The fourth-order valence-corrected chi connectivity index (χ4v) is 2.28. The van der Waals surface area contributed by atoms with Crippen LogP contribution in [0.1, 0.15) is 17.5 Å². The van der Waals surface area contributed by atoms with Crippen LogP contribution in [0.2, 0.25) is 0 Å². The van der Waals surface area contributed by atoms with Gasteiger partial charge < -0.3 is 14.8 Å². The Morgan fingerprint density at radius 3 is 2.70 bits per heavy atom. The normalized spacial score (nSPS) is 10.4. The molecule has 0 radical (unpaired) electrons. The first-order valence-electron chi connectivity index (χ1n) is 7.59. The van der Waals surface area contributed by atoms with Crippen molar-refractivity contribution in [3.8, 4) is 11.5 Å². The lowest BCUT2D eigenvalue weighted by Crippen LogP contribution is -2.26. The molecule has 1 aromatic heterocycles. The van der Waals surface area contributed by atoms with Gasteiger partial charge in [-0.3, -0.25) is 9.48 Å². The Bertz CT molecular complexity index is 652. The third kappa shape index (κ3) is 5.02. The third-order valence-electron chi connectivity index (χ3n) is 3.51. The first-order valence-corrected chi connectivity index (χ1v) is 7.59. The molecule has 0 aliphatic rings. The van der Waals surface area contributed by atoms with Gasteiger partial charge in [-0.15, -0.1) is 0 Å². The summed E-state index contributed by atoms with van der Waals surface area (Å²) in [6.45, 7) is 3.16.